The fraction of sp³-hybridized carbons (Fsp3) is 0.188. The first kappa shape index (κ1) is 17.5. The molecule has 1 amide bonds. The van der Waals surface area contributed by atoms with Gasteiger partial charge < -0.3 is 4.90 Å². The summed E-state index contributed by atoms with van der Waals surface area (Å²) in [6.07, 6.45) is 0. The Balaban J connectivity index is 2.13. The van der Waals surface area contributed by atoms with Crippen LogP contribution in [0.15, 0.2) is 59.5 Å². The number of likely N-dealkylation sites (N-methyl/N-ethyl adjacent to an activating group) is 2. The van der Waals surface area contributed by atoms with Crippen LogP contribution in [0.4, 0.5) is 5.69 Å². The zero-order chi connectivity index (χ0) is 17.0. The Morgan fingerprint density at radius 1 is 1.00 bits per heavy atom. The monoisotopic (exact) mass is 352 g/mol. The molecule has 0 heterocycles. The Morgan fingerprint density at radius 2 is 1.57 bits per heavy atom. The van der Waals surface area contributed by atoms with Crippen LogP contribution in [0.25, 0.3) is 0 Å². The van der Waals surface area contributed by atoms with Gasteiger partial charge in [0.15, 0.2) is 0 Å². The number of para-hydroxylation sites is 1. The average Bonchev–Trinajstić information content (AvgIpc) is 2.55. The molecule has 0 aliphatic heterocycles. The van der Waals surface area contributed by atoms with Crippen LogP contribution in [-0.2, 0) is 14.8 Å². The molecule has 0 bridgehead atoms. The lowest BCUT2D eigenvalue weighted by Crippen LogP contribution is -2.39. The van der Waals surface area contributed by atoms with E-state index < -0.39 is 10.0 Å². The van der Waals surface area contributed by atoms with E-state index in [1.807, 2.05) is 18.2 Å². The first-order chi connectivity index (χ1) is 10.8. The first-order valence-electron chi connectivity index (χ1n) is 6.86. The maximum absolute atomic E-state index is 12.5. The molecule has 23 heavy (non-hydrogen) atoms. The molecule has 0 saturated heterocycles. The topological polar surface area (TPSA) is 57.7 Å². The summed E-state index contributed by atoms with van der Waals surface area (Å²) in [5.41, 5.74) is 0.704. The third kappa shape index (κ3) is 4.10. The van der Waals surface area contributed by atoms with Crippen molar-refractivity contribution in [2.24, 2.45) is 0 Å². The van der Waals surface area contributed by atoms with E-state index in [4.69, 9.17) is 11.6 Å². The van der Waals surface area contributed by atoms with Gasteiger partial charge >= 0.3 is 0 Å². The molecule has 0 spiro atoms. The number of carbonyl (C=O) groups excluding carboxylic acids is 1. The highest BCUT2D eigenvalue weighted by atomic mass is 35.5. The van der Waals surface area contributed by atoms with Crippen molar-refractivity contribution in [2.45, 2.75) is 4.90 Å². The van der Waals surface area contributed by atoms with Crippen LogP contribution < -0.4 is 4.90 Å². The molecular weight excluding hydrogens is 336 g/mol. The van der Waals surface area contributed by atoms with Gasteiger partial charge in [-0.15, -0.1) is 0 Å². The van der Waals surface area contributed by atoms with E-state index in [2.05, 4.69) is 0 Å². The Morgan fingerprint density at radius 3 is 2.13 bits per heavy atom. The van der Waals surface area contributed by atoms with Gasteiger partial charge in [0.2, 0.25) is 15.9 Å². The summed E-state index contributed by atoms with van der Waals surface area (Å²) in [6.45, 7) is -0.254. The highest BCUT2D eigenvalue weighted by molar-refractivity contribution is 7.89. The van der Waals surface area contributed by atoms with E-state index in [1.165, 1.54) is 36.2 Å². The molecule has 122 valence electrons. The number of carbonyl (C=O) groups is 1. The number of rotatable bonds is 5. The van der Waals surface area contributed by atoms with Crippen LogP contribution >= 0.6 is 11.6 Å². The predicted octanol–water partition coefficient (Wildman–Crippen LogP) is 2.62. The Kier molecular flexibility index (Phi) is 5.41. The Bertz CT molecular complexity index is 777. The zero-order valence-electron chi connectivity index (χ0n) is 12.8. The van der Waals surface area contributed by atoms with Gasteiger partial charge in [-0.3, -0.25) is 4.79 Å². The fourth-order valence-corrected chi connectivity index (χ4v) is 3.21. The fourth-order valence-electron chi connectivity index (χ4n) is 1.96. The van der Waals surface area contributed by atoms with Gasteiger partial charge in [-0.25, -0.2) is 8.42 Å². The summed E-state index contributed by atoms with van der Waals surface area (Å²) in [4.78, 5) is 13.8. The molecule has 0 saturated carbocycles. The standard InChI is InChI=1S/C16H17ClN2O3S/c1-18(23(21,22)15-10-8-13(17)9-11-15)12-16(20)19(2)14-6-4-3-5-7-14/h3-11H,12H2,1-2H3. The lowest BCUT2D eigenvalue weighted by Gasteiger charge is -2.22. The lowest BCUT2D eigenvalue weighted by atomic mass is 10.3. The third-order valence-corrected chi connectivity index (χ3v) is 5.47. The number of benzene rings is 2. The van der Waals surface area contributed by atoms with Crippen molar-refractivity contribution >= 4 is 33.2 Å². The van der Waals surface area contributed by atoms with E-state index in [-0.39, 0.29) is 17.3 Å². The molecule has 0 aliphatic carbocycles. The van der Waals surface area contributed by atoms with E-state index >= 15 is 0 Å². The summed E-state index contributed by atoms with van der Waals surface area (Å²) in [7, 11) is -0.752. The highest BCUT2D eigenvalue weighted by Crippen LogP contribution is 2.18. The van der Waals surface area contributed by atoms with E-state index in [0.717, 1.165) is 4.31 Å². The number of anilines is 1. The molecule has 7 heteroatoms. The van der Waals surface area contributed by atoms with Crippen molar-refractivity contribution in [1.29, 1.82) is 0 Å². The largest absolute Gasteiger partial charge is 0.314 e. The second-order valence-corrected chi connectivity index (χ2v) is 7.48. The predicted molar refractivity (Wildman–Crippen MR) is 91.1 cm³/mol. The molecule has 0 atom stereocenters. The van der Waals surface area contributed by atoms with Gasteiger partial charge in [-0.05, 0) is 36.4 Å². The lowest BCUT2D eigenvalue weighted by molar-refractivity contribution is -0.118. The maximum Gasteiger partial charge on any atom is 0.243 e. The van der Waals surface area contributed by atoms with Crippen molar-refractivity contribution in [2.75, 3.05) is 25.5 Å². The van der Waals surface area contributed by atoms with Gasteiger partial charge in [-0.1, -0.05) is 29.8 Å². The van der Waals surface area contributed by atoms with Crippen LogP contribution in [0.2, 0.25) is 5.02 Å². The molecule has 2 rings (SSSR count). The second-order valence-electron chi connectivity index (χ2n) is 5.00. The van der Waals surface area contributed by atoms with Gasteiger partial charge in [0, 0.05) is 24.8 Å². The number of halogens is 1. The molecule has 0 aliphatic rings. The second kappa shape index (κ2) is 7.12. The van der Waals surface area contributed by atoms with Crippen molar-refractivity contribution in [3.05, 3.63) is 59.6 Å². The molecule has 2 aromatic rings. The molecule has 5 nitrogen and oxygen atoms in total. The first-order valence-corrected chi connectivity index (χ1v) is 8.67. The van der Waals surface area contributed by atoms with E-state index in [1.54, 1.807) is 19.2 Å². The third-order valence-electron chi connectivity index (χ3n) is 3.40. The minimum atomic E-state index is -3.74. The quantitative estimate of drug-likeness (QED) is 0.831. The average molecular weight is 353 g/mol. The van der Waals surface area contributed by atoms with Crippen LogP contribution in [-0.4, -0.2) is 39.3 Å². The summed E-state index contributed by atoms with van der Waals surface area (Å²) < 4.78 is 25.9. The summed E-state index contributed by atoms with van der Waals surface area (Å²) in [6, 6.07) is 14.9. The smallest absolute Gasteiger partial charge is 0.243 e. The molecule has 2 aromatic carbocycles. The van der Waals surface area contributed by atoms with Crippen LogP contribution in [0.3, 0.4) is 0 Å². The molecular formula is C16H17ClN2O3S. The molecule has 0 fully saturated rings. The van der Waals surface area contributed by atoms with Crippen molar-refractivity contribution in [1.82, 2.24) is 4.31 Å². The SMILES string of the molecule is CN(C(=O)CN(C)S(=O)(=O)c1ccc(Cl)cc1)c1ccccc1. The van der Waals surface area contributed by atoms with Crippen molar-refractivity contribution < 1.29 is 13.2 Å². The highest BCUT2D eigenvalue weighted by Gasteiger charge is 2.24. The summed E-state index contributed by atoms with van der Waals surface area (Å²) in [5, 5.41) is 0.450. The molecule has 0 radical (unpaired) electrons. The Labute approximate surface area is 141 Å². The van der Waals surface area contributed by atoms with Gasteiger partial charge in [0.1, 0.15) is 0 Å². The molecule has 0 N–H and O–H groups in total. The van der Waals surface area contributed by atoms with Gasteiger partial charge in [-0.2, -0.15) is 4.31 Å². The summed E-state index contributed by atoms with van der Waals surface area (Å²) >= 11 is 5.77. The molecule has 0 unspecified atom stereocenters. The van der Waals surface area contributed by atoms with Crippen LogP contribution in [0, 0.1) is 0 Å². The minimum Gasteiger partial charge on any atom is -0.314 e. The number of nitrogens with zero attached hydrogens (tertiary/aromatic N) is 2. The number of hydrogen-bond acceptors (Lipinski definition) is 3. The number of sulfonamides is 1. The Hall–Kier alpha value is -1.89. The zero-order valence-corrected chi connectivity index (χ0v) is 14.4. The normalized spacial score (nSPS) is 11.5. The van der Waals surface area contributed by atoms with Gasteiger partial charge in [0.25, 0.3) is 0 Å². The molecule has 0 aromatic heterocycles. The number of hydrogen-bond donors (Lipinski definition) is 0. The van der Waals surface area contributed by atoms with Crippen LogP contribution in [0.1, 0.15) is 0 Å². The van der Waals surface area contributed by atoms with E-state index in [0.29, 0.717) is 10.7 Å². The van der Waals surface area contributed by atoms with Crippen molar-refractivity contribution in [3.8, 4) is 0 Å². The number of amides is 1. The maximum atomic E-state index is 12.5. The van der Waals surface area contributed by atoms with E-state index in [9.17, 15) is 13.2 Å². The van der Waals surface area contributed by atoms with Crippen LogP contribution in [0.5, 0.6) is 0 Å². The summed E-state index contributed by atoms with van der Waals surface area (Å²) in [5.74, 6) is -0.323. The van der Waals surface area contributed by atoms with Crippen molar-refractivity contribution in [3.63, 3.8) is 0 Å². The van der Waals surface area contributed by atoms with Gasteiger partial charge in [0.05, 0.1) is 11.4 Å². The minimum absolute atomic E-state index is 0.0968.